The minimum Gasteiger partial charge on any atom is -0.491 e. The molecule has 5 rings (SSSR count). The van der Waals surface area contributed by atoms with Gasteiger partial charge in [0.15, 0.2) is 0 Å². The third kappa shape index (κ3) is 5.33. The van der Waals surface area contributed by atoms with E-state index in [0.717, 1.165) is 12.8 Å². The van der Waals surface area contributed by atoms with Crippen LogP contribution in [0, 0.1) is 0 Å². The van der Waals surface area contributed by atoms with Gasteiger partial charge in [-0.1, -0.05) is 38.1 Å². The number of carbonyl (C=O) groups is 4. The number of anilines is 2. The Hall–Kier alpha value is -3.76. The Labute approximate surface area is 234 Å². The fourth-order valence-electron chi connectivity index (χ4n) is 5.62. The van der Waals surface area contributed by atoms with Crippen LogP contribution in [0.2, 0.25) is 0 Å². The monoisotopic (exact) mass is 548 g/mol. The summed E-state index contributed by atoms with van der Waals surface area (Å²) in [5.74, 6) is 0.0301. The third-order valence-electron chi connectivity index (χ3n) is 7.61. The van der Waals surface area contributed by atoms with Crippen molar-refractivity contribution in [1.29, 1.82) is 0 Å². The molecular formula is C30H36N4O6. The molecule has 10 heteroatoms. The Bertz CT molecular complexity index is 1180. The van der Waals surface area contributed by atoms with Crippen molar-refractivity contribution in [2.24, 2.45) is 0 Å². The van der Waals surface area contributed by atoms with Gasteiger partial charge < -0.3 is 9.47 Å². The van der Waals surface area contributed by atoms with Gasteiger partial charge >= 0.3 is 0 Å². The number of para-hydroxylation sites is 4. The zero-order valence-corrected chi connectivity index (χ0v) is 23.1. The minimum atomic E-state index is -0.561. The lowest BCUT2D eigenvalue weighted by molar-refractivity contribution is -0.126. The minimum absolute atomic E-state index is 0.101. The number of benzene rings is 2. The lowest BCUT2D eigenvalue weighted by Crippen LogP contribution is -2.56. The zero-order valence-electron chi connectivity index (χ0n) is 23.1. The summed E-state index contributed by atoms with van der Waals surface area (Å²) in [6, 6.07) is 13.1. The lowest BCUT2D eigenvalue weighted by atomic mass is 10.1. The van der Waals surface area contributed by atoms with Gasteiger partial charge in [0.2, 0.25) is 11.8 Å². The van der Waals surface area contributed by atoms with Crippen LogP contribution in [0.4, 0.5) is 11.4 Å². The van der Waals surface area contributed by atoms with E-state index in [1.165, 1.54) is 9.80 Å². The first-order valence-electron chi connectivity index (χ1n) is 14.1. The molecule has 0 radical (unpaired) electrons. The van der Waals surface area contributed by atoms with Crippen molar-refractivity contribution in [2.45, 2.75) is 51.6 Å². The largest absolute Gasteiger partial charge is 0.491 e. The third-order valence-corrected chi connectivity index (χ3v) is 7.61. The normalized spacial score (nSPS) is 22.4. The fraction of sp³-hybridized carbons (Fsp3) is 0.467. The molecule has 10 nitrogen and oxygen atoms in total. The number of hydrogen-bond acceptors (Lipinski definition) is 8. The highest BCUT2D eigenvalue weighted by atomic mass is 16.5. The highest BCUT2D eigenvalue weighted by Gasteiger charge is 2.47. The van der Waals surface area contributed by atoms with Crippen molar-refractivity contribution in [3.63, 3.8) is 0 Å². The van der Waals surface area contributed by atoms with Crippen molar-refractivity contribution in [3.05, 3.63) is 48.5 Å². The molecule has 4 amide bonds. The molecule has 2 atom stereocenters. The average Bonchev–Trinajstić information content (AvgIpc) is 3.44. The molecule has 3 aliphatic rings. The van der Waals surface area contributed by atoms with E-state index in [9.17, 15) is 19.2 Å². The molecule has 0 spiro atoms. The molecule has 3 aliphatic heterocycles. The molecule has 40 heavy (non-hydrogen) atoms. The van der Waals surface area contributed by atoms with E-state index < -0.39 is 12.1 Å². The predicted octanol–water partition coefficient (Wildman–Crippen LogP) is 2.85. The van der Waals surface area contributed by atoms with Crippen LogP contribution in [-0.4, -0.2) is 84.9 Å². The number of nitrogens with zero attached hydrogens (tertiary/aromatic N) is 4. The molecule has 0 bridgehead atoms. The zero-order chi connectivity index (χ0) is 28.2. The van der Waals surface area contributed by atoms with Crippen molar-refractivity contribution in [2.75, 3.05) is 49.2 Å². The first-order valence-corrected chi connectivity index (χ1v) is 14.1. The Kier molecular flexibility index (Phi) is 8.46. The average molecular weight is 549 g/mol. The van der Waals surface area contributed by atoms with Gasteiger partial charge in [0.1, 0.15) is 11.5 Å². The maximum absolute atomic E-state index is 13.5. The standard InChI is InChI=1S/C30H36N4O6/c1-3-17-39-25-11-7-5-9-21(25)33-27(35)19-23(29(33)37)31-13-15-32(16-14-31)24-20-28(36)34(30(24)38)22-10-6-8-12-26(22)40-18-4-2/h5-12,23-24H,3-4,13-20H2,1-2H3/t23-,24-/m1/s1. The summed E-state index contributed by atoms with van der Waals surface area (Å²) in [5, 5.41) is 0. The van der Waals surface area contributed by atoms with E-state index >= 15 is 0 Å². The second-order valence-corrected chi connectivity index (χ2v) is 10.3. The summed E-state index contributed by atoms with van der Waals surface area (Å²) < 4.78 is 11.6. The van der Waals surface area contributed by atoms with Crippen molar-refractivity contribution in [1.82, 2.24) is 9.80 Å². The molecule has 3 saturated heterocycles. The van der Waals surface area contributed by atoms with Gasteiger partial charge in [-0.05, 0) is 37.1 Å². The van der Waals surface area contributed by atoms with Crippen molar-refractivity contribution in [3.8, 4) is 11.5 Å². The fourth-order valence-corrected chi connectivity index (χ4v) is 5.62. The lowest BCUT2D eigenvalue weighted by Gasteiger charge is -2.38. The molecule has 0 aromatic heterocycles. The maximum atomic E-state index is 13.5. The van der Waals surface area contributed by atoms with Crippen LogP contribution in [0.1, 0.15) is 39.5 Å². The van der Waals surface area contributed by atoms with Crippen LogP contribution in [0.5, 0.6) is 11.5 Å². The van der Waals surface area contributed by atoms with E-state index in [0.29, 0.717) is 62.3 Å². The van der Waals surface area contributed by atoms with Gasteiger partial charge in [-0.15, -0.1) is 0 Å². The van der Waals surface area contributed by atoms with E-state index in [4.69, 9.17) is 9.47 Å². The number of rotatable bonds is 10. The molecule has 212 valence electrons. The molecule has 2 aromatic rings. The van der Waals surface area contributed by atoms with Gasteiger partial charge in [-0.25, -0.2) is 9.80 Å². The van der Waals surface area contributed by atoms with Crippen LogP contribution < -0.4 is 19.3 Å². The van der Waals surface area contributed by atoms with E-state index in [2.05, 4.69) is 0 Å². The van der Waals surface area contributed by atoms with Gasteiger partial charge in [0.05, 0.1) is 49.5 Å². The summed E-state index contributed by atoms with van der Waals surface area (Å²) in [7, 11) is 0. The van der Waals surface area contributed by atoms with Crippen molar-refractivity contribution >= 4 is 35.0 Å². The first kappa shape index (κ1) is 27.8. The van der Waals surface area contributed by atoms with Crippen LogP contribution in [-0.2, 0) is 19.2 Å². The molecule has 3 fully saturated rings. The smallest absolute Gasteiger partial charge is 0.251 e. The second kappa shape index (κ2) is 12.2. The van der Waals surface area contributed by atoms with E-state index in [1.54, 1.807) is 36.4 Å². The summed E-state index contributed by atoms with van der Waals surface area (Å²) in [6.07, 6.45) is 1.83. The Morgan fingerprint density at radius 3 is 1.38 bits per heavy atom. The van der Waals surface area contributed by atoms with Gasteiger partial charge in [0.25, 0.3) is 11.8 Å². The summed E-state index contributed by atoms with van der Waals surface area (Å²) >= 11 is 0. The van der Waals surface area contributed by atoms with Crippen LogP contribution >= 0.6 is 0 Å². The Morgan fingerprint density at radius 1 is 0.625 bits per heavy atom. The number of piperazine rings is 1. The van der Waals surface area contributed by atoms with Gasteiger partial charge in [-0.2, -0.15) is 0 Å². The van der Waals surface area contributed by atoms with Gasteiger partial charge in [-0.3, -0.25) is 29.0 Å². The molecule has 0 unspecified atom stereocenters. The molecule has 0 saturated carbocycles. The van der Waals surface area contributed by atoms with Crippen LogP contribution in [0.3, 0.4) is 0 Å². The summed E-state index contributed by atoms with van der Waals surface area (Å²) in [5.41, 5.74) is 0.955. The number of imide groups is 2. The Morgan fingerprint density at radius 2 is 1.00 bits per heavy atom. The first-order chi connectivity index (χ1) is 19.4. The molecule has 3 heterocycles. The SMILES string of the molecule is CCCOc1ccccc1N1C(=O)C[C@@H](N2CCN([C@@H]3CC(=O)N(c4ccccc4OCCC)C3=O)CC2)C1=O. The van der Waals surface area contributed by atoms with Crippen LogP contribution in [0.25, 0.3) is 0 Å². The van der Waals surface area contributed by atoms with Crippen molar-refractivity contribution < 1.29 is 28.7 Å². The van der Waals surface area contributed by atoms with E-state index in [-0.39, 0.29) is 36.5 Å². The number of ether oxygens (including phenoxy) is 2. The highest BCUT2D eigenvalue weighted by Crippen LogP contribution is 2.35. The predicted molar refractivity (Wildman–Crippen MR) is 149 cm³/mol. The van der Waals surface area contributed by atoms with Gasteiger partial charge in [0, 0.05) is 26.2 Å². The number of amides is 4. The summed E-state index contributed by atoms with van der Waals surface area (Å²) in [4.78, 5) is 59.4. The summed E-state index contributed by atoms with van der Waals surface area (Å²) in [6.45, 7) is 7.04. The number of carbonyl (C=O) groups excluding carboxylic acids is 4. The molecule has 0 N–H and O–H groups in total. The molecular weight excluding hydrogens is 512 g/mol. The topological polar surface area (TPSA) is 99.7 Å². The second-order valence-electron chi connectivity index (χ2n) is 10.3. The highest BCUT2D eigenvalue weighted by molar-refractivity contribution is 6.23. The quantitative estimate of drug-likeness (QED) is 0.418. The maximum Gasteiger partial charge on any atom is 0.251 e. The molecule has 0 aliphatic carbocycles. The van der Waals surface area contributed by atoms with Crippen LogP contribution in [0.15, 0.2) is 48.5 Å². The molecule has 2 aromatic carbocycles. The van der Waals surface area contributed by atoms with E-state index in [1.807, 2.05) is 35.8 Å². The Balaban J connectivity index is 1.24. The number of hydrogen-bond donors (Lipinski definition) is 0.